The maximum Gasteiger partial charge on any atom is 0.130 e. The van der Waals surface area contributed by atoms with Gasteiger partial charge in [-0.2, -0.15) is 0 Å². The number of nitrogens with two attached hydrogens (primary N) is 1. The lowest BCUT2D eigenvalue weighted by molar-refractivity contribution is 0.283. The number of hydrogen-bond donors (Lipinski definition) is 1. The largest absolute Gasteiger partial charge is 0.496 e. The fraction of sp³-hybridized carbons (Fsp3) is 0.600. The van der Waals surface area contributed by atoms with E-state index in [2.05, 4.69) is 0 Å². The topological polar surface area (TPSA) is 35.2 Å². The molecule has 18 heavy (non-hydrogen) atoms. The van der Waals surface area contributed by atoms with Crippen LogP contribution in [-0.4, -0.2) is 7.11 Å². The molecule has 1 aliphatic rings. The van der Waals surface area contributed by atoms with Crippen molar-refractivity contribution in [2.24, 2.45) is 5.73 Å². The molecule has 100 valence electrons. The van der Waals surface area contributed by atoms with Crippen LogP contribution in [0.15, 0.2) is 18.2 Å². The molecule has 1 atom stereocenters. The van der Waals surface area contributed by atoms with Gasteiger partial charge in [-0.15, -0.1) is 0 Å². The van der Waals surface area contributed by atoms with Crippen LogP contribution in [0, 0.1) is 0 Å². The van der Waals surface area contributed by atoms with E-state index in [0.717, 1.165) is 31.2 Å². The molecule has 0 bridgehead atoms. The Kier molecular flexibility index (Phi) is 3.91. The van der Waals surface area contributed by atoms with Crippen molar-refractivity contribution in [1.29, 1.82) is 0 Å². The Bertz CT molecular complexity index is 411. The molecule has 1 aromatic rings. The van der Waals surface area contributed by atoms with E-state index in [0.29, 0.717) is 11.3 Å². The van der Waals surface area contributed by atoms with Crippen molar-refractivity contribution in [2.45, 2.75) is 50.7 Å². The molecule has 0 spiro atoms. The molecular formula is C15H22FNO. The minimum absolute atomic E-state index is 0.353. The second-order valence-electron chi connectivity index (χ2n) is 5.26. The van der Waals surface area contributed by atoms with Gasteiger partial charge >= 0.3 is 0 Å². The van der Waals surface area contributed by atoms with Gasteiger partial charge in [-0.3, -0.25) is 0 Å². The van der Waals surface area contributed by atoms with Gasteiger partial charge in [0.15, 0.2) is 0 Å². The van der Waals surface area contributed by atoms with Gasteiger partial charge in [-0.05, 0) is 19.8 Å². The van der Waals surface area contributed by atoms with Gasteiger partial charge in [0, 0.05) is 16.7 Å². The number of methoxy groups -OCH3 is 1. The highest BCUT2D eigenvalue weighted by molar-refractivity contribution is 5.46. The van der Waals surface area contributed by atoms with Gasteiger partial charge in [0.05, 0.1) is 7.11 Å². The molecule has 0 aliphatic heterocycles. The monoisotopic (exact) mass is 251 g/mol. The molecular weight excluding hydrogens is 229 g/mol. The number of alkyl halides is 1. The number of hydrogen-bond acceptors (Lipinski definition) is 2. The number of benzene rings is 1. The van der Waals surface area contributed by atoms with E-state index < -0.39 is 6.17 Å². The van der Waals surface area contributed by atoms with Gasteiger partial charge < -0.3 is 10.5 Å². The Labute approximate surface area is 108 Å². The smallest absolute Gasteiger partial charge is 0.130 e. The number of halogens is 1. The molecule has 2 rings (SSSR count). The Morgan fingerprint density at radius 2 is 1.94 bits per heavy atom. The predicted molar refractivity (Wildman–Crippen MR) is 71.5 cm³/mol. The number of rotatable bonds is 3. The molecule has 0 radical (unpaired) electrons. The van der Waals surface area contributed by atoms with Crippen molar-refractivity contribution in [3.8, 4) is 5.75 Å². The molecule has 2 nitrogen and oxygen atoms in total. The van der Waals surface area contributed by atoms with Gasteiger partial charge in [0.2, 0.25) is 0 Å². The van der Waals surface area contributed by atoms with E-state index in [-0.39, 0.29) is 5.54 Å². The van der Waals surface area contributed by atoms with E-state index in [1.54, 1.807) is 13.2 Å². The first-order valence-corrected chi connectivity index (χ1v) is 6.69. The normalized spacial score (nSPS) is 20.4. The molecule has 0 saturated heterocycles. The molecule has 1 unspecified atom stereocenters. The third-order valence-corrected chi connectivity index (χ3v) is 3.96. The number of ether oxygens (including phenoxy) is 1. The molecule has 1 aromatic carbocycles. The summed E-state index contributed by atoms with van der Waals surface area (Å²) < 4.78 is 19.1. The van der Waals surface area contributed by atoms with Crippen LogP contribution in [0.5, 0.6) is 5.75 Å². The third kappa shape index (κ3) is 2.37. The van der Waals surface area contributed by atoms with Crippen LogP contribution in [0.1, 0.15) is 56.3 Å². The summed E-state index contributed by atoms with van der Waals surface area (Å²) in [6, 6.07) is 5.64. The third-order valence-electron chi connectivity index (χ3n) is 3.96. The minimum Gasteiger partial charge on any atom is -0.496 e. The summed E-state index contributed by atoms with van der Waals surface area (Å²) in [6.45, 7) is 1.53. The molecule has 0 aromatic heterocycles. The van der Waals surface area contributed by atoms with Crippen molar-refractivity contribution in [2.75, 3.05) is 7.11 Å². The van der Waals surface area contributed by atoms with Gasteiger partial charge in [-0.1, -0.05) is 37.5 Å². The maximum absolute atomic E-state index is 13.6. The summed E-state index contributed by atoms with van der Waals surface area (Å²) in [5.74, 6) is 0.636. The highest BCUT2D eigenvalue weighted by Gasteiger charge is 2.33. The van der Waals surface area contributed by atoms with Crippen LogP contribution in [0.2, 0.25) is 0 Å². The Balaban J connectivity index is 2.46. The predicted octanol–water partition coefficient (Wildman–Crippen LogP) is 3.84. The maximum atomic E-state index is 13.6. The average Bonchev–Trinajstić information content (AvgIpc) is 2.38. The quantitative estimate of drug-likeness (QED) is 0.885. The summed E-state index contributed by atoms with van der Waals surface area (Å²) in [6.07, 6.45) is 4.37. The van der Waals surface area contributed by atoms with Crippen molar-refractivity contribution >= 4 is 0 Å². The van der Waals surface area contributed by atoms with Crippen molar-refractivity contribution in [3.05, 3.63) is 29.3 Å². The molecule has 0 heterocycles. The van der Waals surface area contributed by atoms with Crippen molar-refractivity contribution in [3.63, 3.8) is 0 Å². The Morgan fingerprint density at radius 1 is 1.28 bits per heavy atom. The van der Waals surface area contributed by atoms with E-state index >= 15 is 0 Å². The first kappa shape index (κ1) is 13.3. The van der Waals surface area contributed by atoms with Crippen LogP contribution in [0.4, 0.5) is 4.39 Å². The standard InChI is InChI=1S/C15H22FNO/c1-11(16)12-7-6-8-13(14(12)18-2)15(17)9-4-3-5-10-15/h6-8,11H,3-5,9-10,17H2,1-2H3. The lowest BCUT2D eigenvalue weighted by atomic mass is 9.76. The van der Waals surface area contributed by atoms with E-state index in [9.17, 15) is 4.39 Å². The molecule has 3 heteroatoms. The zero-order valence-corrected chi connectivity index (χ0v) is 11.2. The molecule has 2 N–H and O–H groups in total. The fourth-order valence-corrected chi connectivity index (χ4v) is 2.94. The summed E-state index contributed by atoms with van der Waals surface area (Å²) in [5.41, 5.74) is 7.74. The van der Waals surface area contributed by atoms with E-state index in [4.69, 9.17) is 10.5 Å². The zero-order chi connectivity index (χ0) is 13.2. The first-order chi connectivity index (χ1) is 8.58. The van der Waals surface area contributed by atoms with Crippen molar-refractivity contribution in [1.82, 2.24) is 0 Å². The highest BCUT2D eigenvalue weighted by Crippen LogP contribution is 2.42. The second kappa shape index (κ2) is 5.27. The first-order valence-electron chi connectivity index (χ1n) is 6.69. The van der Waals surface area contributed by atoms with Gasteiger partial charge in [0.1, 0.15) is 11.9 Å². The zero-order valence-electron chi connectivity index (χ0n) is 11.2. The van der Waals surface area contributed by atoms with Crippen LogP contribution in [-0.2, 0) is 5.54 Å². The Morgan fingerprint density at radius 3 is 2.50 bits per heavy atom. The van der Waals surface area contributed by atoms with Crippen LogP contribution >= 0.6 is 0 Å². The van der Waals surface area contributed by atoms with Gasteiger partial charge in [0.25, 0.3) is 0 Å². The fourth-order valence-electron chi connectivity index (χ4n) is 2.94. The highest BCUT2D eigenvalue weighted by atomic mass is 19.1. The average molecular weight is 251 g/mol. The SMILES string of the molecule is COc1c(C(C)F)cccc1C1(N)CCCCC1. The van der Waals surface area contributed by atoms with Gasteiger partial charge in [-0.25, -0.2) is 4.39 Å². The molecule has 1 saturated carbocycles. The second-order valence-corrected chi connectivity index (χ2v) is 5.26. The lowest BCUT2D eigenvalue weighted by Gasteiger charge is -2.35. The van der Waals surface area contributed by atoms with E-state index in [1.165, 1.54) is 13.3 Å². The molecule has 1 fully saturated rings. The molecule has 0 amide bonds. The number of para-hydroxylation sites is 1. The minimum atomic E-state index is -1.04. The summed E-state index contributed by atoms with van der Waals surface area (Å²) in [4.78, 5) is 0. The lowest BCUT2D eigenvalue weighted by Crippen LogP contribution is -2.39. The van der Waals surface area contributed by atoms with E-state index in [1.807, 2.05) is 12.1 Å². The summed E-state index contributed by atoms with van der Waals surface area (Å²) >= 11 is 0. The van der Waals surface area contributed by atoms with Crippen molar-refractivity contribution < 1.29 is 9.13 Å². The molecule has 1 aliphatic carbocycles. The summed E-state index contributed by atoms with van der Waals surface area (Å²) in [5, 5.41) is 0. The Hall–Kier alpha value is -1.09. The van der Waals surface area contributed by atoms with Crippen LogP contribution in [0.3, 0.4) is 0 Å². The van der Waals surface area contributed by atoms with Crippen LogP contribution < -0.4 is 10.5 Å². The summed E-state index contributed by atoms with van der Waals surface area (Å²) in [7, 11) is 1.59. The van der Waals surface area contributed by atoms with Crippen LogP contribution in [0.25, 0.3) is 0 Å².